The van der Waals surface area contributed by atoms with Crippen molar-refractivity contribution in [2.75, 3.05) is 6.61 Å². The lowest BCUT2D eigenvalue weighted by Gasteiger charge is -2.31. The van der Waals surface area contributed by atoms with E-state index in [-0.39, 0.29) is 31.3 Å². The van der Waals surface area contributed by atoms with Crippen LogP contribution in [-0.4, -0.2) is 43.2 Å². The van der Waals surface area contributed by atoms with E-state index in [4.69, 9.17) is 0 Å². The normalized spacial score (nSPS) is 18.2. The first-order valence-electron chi connectivity index (χ1n) is 7.14. The SMILES string of the molecule is CC1=C(O)C(C=O)C(CO)=CN1Cc1cnc(C)c(O)c1CO. The average molecular weight is 320 g/mol. The highest BCUT2D eigenvalue weighted by atomic mass is 16.3. The minimum Gasteiger partial charge on any atom is -0.509 e. The van der Waals surface area contributed by atoms with E-state index in [1.54, 1.807) is 31.1 Å². The molecular weight excluding hydrogens is 300 g/mol. The van der Waals surface area contributed by atoms with Gasteiger partial charge < -0.3 is 30.1 Å². The van der Waals surface area contributed by atoms with E-state index in [2.05, 4.69) is 4.98 Å². The van der Waals surface area contributed by atoms with Crippen molar-refractivity contribution in [1.29, 1.82) is 0 Å². The molecule has 0 amide bonds. The van der Waals surface area contributed by atoms with E-state index in [0.29, 0.717) is 34.4 Å². The highest BCUT2D eigenvalue weighted by molar-refractivity contribution is 5.64. The Kier molecular flexibility index (Phi) is 5.02. The van der Waals surface area contributed by atoms with Crippen molar-refractivity contribution < 1.29 is 25.2 Å². The van der Waals surface area contributed by atoms with Crippen LogP contribution in [-0.2, 0) is 17.9 Å². The van der Waals surface area contributed by atoms with Gasteiger partial charge in [-0.1, -0.05) is 0 Å². The minimum atomic E-state index is -0.849. The molecule has 0 saturated heterocycles. The third-order valence-electron chi connectivity index (χ3n) is 4.06. The Morgan fingerprint density at radius 1 is 1.26 bits per heavy atom. The largest absolute Gasteiger partial charge is 0.509 e. The Morgan fingerprint density at radius 3 is 2.52 bits per heavy atom. The van der Waals surface area contributed by atoms with Crippen molar-refractivity contribution in [2.24, 2.45) is 5.92 Å². The summed E-state index contributed by atoms with van der Waals surface area (Å²) in [6.07, 6.45) is 3.71. The number of aromatic hydroxyl groups is 1. The zero-order valence-electron chi connectivity index (χ0n) is 13.0. The number of allylic oxidation sites excluding steroid dienone is 2. The van der Waals surface area contributed by atoms with Gasteiger partial charge in [-0.05, 0) is 25.0 Å². The summed E-state index contributed by atoms with van der Waals surface area (Å²) >= 11 is 0. The maximum Gasteiger partial charge on any atom is 0.142 e. The van der Waals surface area contributed by atoms with Crippen LogP contribution in [0.4, 0.5) is 0 Å². The number of hydrogen-bond donors (Lipinski definition) is 4. The Balaban J connectivity index is 2.40. The van der Waals surface area contributed by atoms with Crippen molar-refractivity contribution in [3.8, 4) is 5.75 Å². The molecule has 2 rings (SSSR count). The maximum atomic E-state index is 11.1. The van der Waals surface area contributed by atoms with E-state index in [1.165, 1.54) is 0 Å². The molecule has 0 radical (unpaired) electrons. The first-order valence-corrected chi connectivity index (χ1v) is 7.14. The zero-order chi connectivity index (χ0) is 17.1. The Labute approximate surface area is 133 Å². The number of nitrogens with zero attached hydrogens (tertiary/aromatic N) is 2. The van der Waals surface area contributed by atoms with Crippen LogP contribution in [0.3, 0.4) is 0 Å². The van der Waals surface area contributed by atoms with Gasteiger partial charge in [-0.15, -0.1) is 0 Å². The molecule has 7 heteroatoms. The summed E-state index contributed by atoms with van der Waals surface area (Å²) in [6.45, 7) is 2.80. The number of carbonyl (C=O) groups excluding carboxylic acids is 1. The first-order chi connectivity index (χ1) is 10.9. The highest BCUT2D eigenvalue weighted by Crippen LogP contribution is 2.31. The summed E-state index contributed by atoms with van der Waals surface area (Å²) in [7, 11) is 0. The van der Waals surface area contributed by atoms with Crippen molar-refractivity contribution in [2.45, 2.75) is 27.0 Å². The van der Waals surface area contributed by atoms with Gasteiger partial charge in [-0.25, -0.2) is 0 Å². The topological polar surface area (TPSA) is 114 Å². The molecule has 124 valence electrons. The van der Waals surface area contributed by atoms with E-state index >= 15 is 0 Å². The molecule has 0 aromatic carbocycles. The second-order valence-electron chi connectivity index (χ2n) is 5.43. The molecular formula is C16H20N2O5. The second kappa shape index (κ2) is 6.80. The Bertz CT molecular complexity index is 681. The van der Waals surface area contributed by atoms with Crippen molar-refractivity contribution in [1.82, 2.24) is 9.88 Å². The average Bonchev–Trinajstić information content (AvgIpc) is 2.55. The van der Waals surface area contributed by atoms with Gasteiger partial charge >= 0.3 is 0 Å². The predicted molar refractivity (Wildman–Crippen MR) is 82.2 cm³/mol. The van der Waals surface area contributed by atoms with Crippen molar-refractivity contribution >= 4 is 6.29 Å². The third-order valence-corrected chi connectivity index (χ3v) is 4.06. The smallest absolute Gasteiger partial charge is 0.142 e. The van der Waals surface area contributed by atoms with Gasteiger partial charge in [0.1, 0.15) is 17.8 Å². The summed E-state index contributed by atoms with van der Waals surface area (Å²) in [6, 6.07) is 0. The molecule has 0 aliphatic carbocycles. The number of carbonyl (C=O) groups is 1. The quantitative estimate of drug-likeness (QED) is 0.596. The number of aromatic nitrogens is 1. The number of aliphatic hydroxyl groups is 3. The standard InChI is InChI=1S/C16H20N2O5/c1-9-15(22)13(7-20)11(3-17-9)4-18-5-12(6-19)14(8-21)16(23)10(18)2/h3,5,8,14,19-20,22-23H,4,6-7H2,1-2H3. The Morgan fingerprint density at radius 2 is 1.96 bits per heavy atom. The molecule has 0 bridgehead atoms. The fourth-order valence-electron chi connectivity index (χ4n) is 2.56. The highest BCUT2D eigenvalue weighted by Gasteiger charge is 2.27. The number of aryl methyl sites for hydroxylation is 1. The van der Waals surface area contributed by atoms with Crippen LogP contribution in [0.15, 0.2) is 29.4 Å². The fraction of sp³-hybridized carbons (Fsp3) is 0.375. The van der Waals surface area contributed by atoms with Crippen LogP contribution in [0.25, 0.3) is 0 Å². The van der Waals surface area contributed by atoms with Crippen LogP contribution >= 0.6 is 0 Å². The molecule has 1 aromatic heterocycles. The van der Waals surface area contributed by atoms with Crippen LogP contribution < -0.4 is 0 Å². The van der Waals surface area contributed by atoms with Gasteiger partial charge in [0.25, 0.3) is 0 Å². The molecule has 1 aromatic rings. The zero-order valence-corrected chi connectivity index (χ0v) is 13.0. The molecule has 0 saturated carbocycles. The van der Waals surface area contributed by atoms with Gasteiger partial charge in [0.15, 0.2) is 0 Å². The van der Waals surface area contributed by atoms with Crippen LogP contribution in [0.5, 0.6) is 5.75 Å². The molecule has 4 N–H and O–H groups in total. The first kappa shape index (κ1) is 17.0. The molecule has 0 fully saturated rings. The van der Waals surface area contributed by atoms with Crippen LogP contribution in [0.2, 0.25) is 0 Å². The van der Waals surface area contributed by atoms with E-state index in [0.717, 1.165) is 0 Å². The van der Waals surface area contributed by atoms with Crippen LogP contribution in [0, 0.1) is 12.8 Å². The van der Waals surface area contributed by atoms with Gasteiger partial charge in [0.2, 0.25) is 0 Å². The molecule has 2 heterocycles. The molecule has 7 nitrogen and oxygen atoms in total. The van der Waals surface area contributed by atoms with Crippen LogP contribution in [0.1, 0.15) is 23.7 Å². The molecule has 23 heavy (non-hydrogen) atoms. The lowest BCUT2D eigenvalue weighted by molar-refractivity contribution is -0.110. The van der Waals surface area contributed by atoms with Gasteiger partial charge in [-0.3, -0.25) is 4.98 Å². The summed E-state index contributed by atoms with van der Waals surface area (Å²) in [4.78, 5) is 16.8. The maximum absolute atomic E-state index is 11.1. The van der Waals surface area contributed by atoms with Crippen molar-refractivity contribution in [3.05, 3.63) is 46.2 Å². The van der Waals surface area contributed by atoms with E-state index in [1.807, 2.05) is 0 Å². The molecule has 1 aliphatic heterocycles. The second-order valence-corrected chi connectivity index (χ2v) is 5.43. The number of pyridine rings is 1. The predicted octanol–water partition coefficient (Wildman–Crippen LogP) is 0.884. The summed E-state index contributed by atoms with van der Waals surface area (Å²) in [5, 5.41) is 39.0. The minimum absolute atomic E-state index is 0.0648. The fourth-order valence-corrected chi connectivity index (χ4v) is 2.56. The van der Waals surface area contributed by atoms with Crippen molar-refractivity contribution in [3.63, 3.8) is 0 Å². The van der Waals surface area contributed by atoms with Gasteiger partial charge in [0, 0.05) is 24.5 Å². The van der Waals surface area contributed by atoms with Gasteiger partial charge in [-0.2, -0.15) is 0 Å². The lowest BCUT2D eigenvalue weighted by atomic mass is 9.95. The lowest BCUT2D eigenvalue weighted by Crippen LogP contribution is -2.28. The van der Waals surface area contributed by atoms with E-state index < -0.39 is 5.92 Å². The summed E-state index contributed by atoms with van der Waals surface area (Å²) in [5.41, 5.74) is 2.20. The molecule has 1 aliphatic rings. The number of aldehydes is 1. The number of hydrogen-bond acceptors (Lipinski definition) is 7. The number of aliphatic hydroxyl groups excluding tert-OH is 3. The third kappa shape index (κ3) is 3.06. The molecule has 0 spiro atoms. The van der Waals surface area contributed by atoms with E-state index in [9.17, 15) is 25.2 Å². The monoisotopic (exact) mass is 320 g/mol. The molecule has 1 unspecified atom stereocenters. The Hall–Kier alpha value is -2.38. The summed E-state index contributed by atoms with van der Waals surface area (Å²) in [5.74, 6) is -1.04. The molecule has 1 atom stereocenters. The van der Waals surface area contributed by atoms with Gasteiger partial charge in [0.05, 0.1) is 30.5 Å². The summed E-state index contributed by atoms with van der Waals surface area (Å²) < 4.78 is 0. The number of rotatable bonds is 5.